The molecule has 1 amide bonds. The zero-order chi connectivity index (χ0) is 20.9. The predicted molar refractivity (Wildman–Crippen MR) is 115 cm³/mol. The van der Waals surface area contributed by atoms with E-state index < -0.39 is 10.0 Å². The molecule has 0 spiro atoms. The van der Waals surface area contributed by atoms with Crippen LogP contribution < -0.4 is 5.32 Å². The molecule has 6 heteroatoms. The normalized spacial score (nSPS) is 15.9. The average molecular weight is 415 g/mol. The molecule has 1 N–H and O–H groups in total. The predicted octanol–water partition coefficient (Wildman–Crippen LogP) is 3.45. The van der Waals surface area contributed by atoms with Gasteiger partial charge in [0, 0.05) is 25.6 Å². The zero-order valence-corrected chi connectivity index (χ0v) is 18.0. The van der Waals surface area contributed by atoms with Crippen molar-refractivity contribution in [1.29, 1.82) is 0 Å². The van der Waals surface area contributed by atoms with E-state index in [1.165, 1.54) is 15.4 Å². The van der Waals surface area contributed by atoms with Crippen molar-refractivity contribution in [3.63, 3.8) is 0 Å². The molecule has 1 aliphatic heterocycles. The highest BCUT2D eigenvalue weighted by molar-refractivity contribution is 7.89. The van der Waals surface area contributed by atoms with Gasteiger partial charge in [0.15, 0.2) is 0 Å². The molecule has 0 saturated carbocycles. The summed E-state index contributed by atoms with van der Waals surface area (Å²) in [6, 6.07) is 15.3. The van der Waals surface area contributed by atoms with E-state index in [1.807, 2.05) is 19.1 Å². The smallest absolute Gasteiger partial charge is 0.243 e. The lowest BCUT2D eigenvalue weighted by molar-refractivity contribution is -0.126. The molecule has 0 atom stereocenters. The standard InChI is InChI=1S/C23H30N2O3S/c1-18-8-10-22(11-9-18)29(27,28)25-15-12-21(13-16-25)23(26)24-14-4-7-20-6-3-5-19(2)17-20/h3,5-6,8-11,17,21H,4,7,12-16H2,1-2H3,(H,24,26). The molecule has 2 aromatic rings. The summed E-state index contributed by atoms with van der Waals surface area (Å²) < 4.78 is 27.0. The third-order valence-electron chi connectivity index (χ3n) is 5.51. The Morgan fingerprint density at radius 2 is 1.72 bits per heavy atom. The maximum absolute atomic E-state index is 12.8. The van der Waals surface area contributed by atoms with Gasteiger partial charge in [0.25, 0.3) is 0 Å². The molecule has 5 nitrogen and oxygen atoms in total. The number of nitrogens with one attached hydrogen (secondary N) is 1. The van der Waals surface area contributed by atoms with Crippen LogP contribution in [-0.4, -0.2) is 38.3 Å². The molecule has 29 heavy (non-hydrogen) atoms. The second-order valence-electron chi connectivity index (χ2n) is 7.88. The van der Waals surface area contributed by atoms with E-state index in [0.717, 1.165) is 18.4 Å². The number of aryl methyl sites for hydroxylation is 3. The first-order valence-corrected chi connectivity index (χ1v) is 11.7. The van der Waals surface area contributed by atoms with Crippen molar-refractivity contribution >= 4 is 15.9 Å². The lowest BCUT2D eigenvalue weighted by Gasteiger charge is -2.30. The minimum absolute atomic E-state index is 0.0432. The summed E-state index contributed by atoms with van der Waals surface area (Å²) in [4.78, 5) is 12.8. The summed E-state index contributed by atoms with van der Waals surface area (Å²) in [6.07, 6.45) is 2.97. The quantitative estimate of drug-likeness (QED) is 0.706. The minimum Gasteiger partial charge on any atom is -0.356 e. The molecule has 0 bridgehead atoms. The summed E-state index contributed by atoms with van der Waals surface area (Å²) >= 11 is 0. The van der Waals surface area contributed by atoms with Gasteiger partial charge in [-0.15, -0.1) is 0 Å². The minimum atomic E-state index is -3.48. The first-order valence-electron chi connectivity index (χ1n) is 10.3. The Hall–Kier alpha value is -2.18. The molecule has 1 saturated heterocycles. The van der Waals surface area contributed by atoms with E-state index in [9.17, 15) is 13.2 Å². The van der Waals surface area contributed by atoms with Gasteiger partial charge in [0.1, 0.15) is 0 Å². The van der Waals surface area contributed by atoms with Crippen LogP contribution in [0.15, 0.2) is 53.4 Å². The van der Waals surface area contributed by atoms with Crippen molar-refractivity contribution in [1.82, 2.24) is 9.62 Å². The van der Waals surface area contributed by atoms with Gasteiger partial charge < -0.3 is 5.32 Å². The van der Waals surface area contributed by atoms with E-state index in [0.29, 0.717) is 37.4 Å². The van der Waals surface area contributed by atoms with Crippen molar-refractivity contribution < 1.29 is 13.2 Å². The molecule has 0 aliphatic carbocycles. The molecule has 0 unspecified atom stereocenters. The van der Waals surface area contributed by atoms with E-state index in [4.69, 9.17) is 0 Å². The molecular formula is C23H30N2O3S. The van der Waals surface area contributed by atoms with Crippen LogP contribution in [-0.2, 0) is 21.2 Å². The van der Waals surface area contributed by atoms with Crippen molar-refractivity contribution in [2.75, 3.05) is 19.6 Å². The number of hydrogen-bond donors (Lipinski definition) is 1. The van der Waals surface area contributed by atoms with Crippen molar-refractivity contribution in [3.8, 4) is 0 Å². The molecule has 156 valence electrons. The van der Waals surface area contributed by atoms with Crippen LogP contribution in [0.4, 0.5) is 0 Å². The third-order valence-corrected chi connectivity index (χ3v) is 7.42. The number of rotatable bonds is 7. The van der Waals surface area contributed by atoms with Gasteiger partial charge in [-0.3, -0.25) is 4.79 Å². The summed E-state index contributed by atoms with van der Waals surface area (Å²) in [5, 5.41) is 3.02. The Balaban J connectivity index is 1.44. The molecule has 1 heterocycles. The number of benzene rings is 2. The SMILES string of the molecule is Cc1ccc(S(=O)(=O)N2CCC(C(=O)NCCCc3cccc(C)c3)CC2)cc1. The number of carbonyl (C=O) groups excluding carboxylic acids is 1. The van der Waals surface area contributed by atoms with Gasteiger partial charge >= 0.3 is 0 Å². The van der Waals surface area contributed by atoms with E-state index >= 15 is 0 Å². The number of carbonyl (C=O) groups is 1. The fraction of sp³-hybridized carbons (Fsp3) is 0.435. The summed E-state index contributed by atoms with van der Waals surface area (Å²) in [7, 11) is -3.48. The first kappa shape index (κ1) is 21.5. The van der Waals surface area contributed by atoms with Crippen LogP contribution in [0.5, 0.6) is 0 Å². The number of sulfonamides is 1. The highest BCUT2D eigenvalue weighted by Gasteiger charge is 2.31. The lowest BCUT2D eigenvalue weighted by Crippen LogP contribution is -2.43. The van der Waals surface area contributed by atoms with Gasteiger partial charge in [0.2, 0.25) is 15.9 Å². The summed E-state index contributed by atoms with van der Waals surface area (Å²) in [5.41, 5.74) is 3.56. The molecule has 1 aliphatic rings. The van der Waals surface area contributed by atoms with Crippen LogP contribution >= 0.6 is 0 Å². The van der Waals surface area contributed by atoms with Crippen LogP contribution in [0, 0.1) is 19.8 Å². The van der Waals surface area contributed by atoms with Gasteiger partial charge in [-0.25, -0.2) is 8.42 Å². The average Bonchev–Trinajstić information content (AvgIpc) is 2.71. The fourth-order valence-corrected chi connectivity index (χ4v) is 5.20. The van der Waals surface area contributed by atoms with E-state index in [2.05, 4.69) is 36.5 Å². The summed E-state index contributed by atoms with van der Waals surface area (Å²) in [6.45, 7) is 5.43. The van der Waals surface area contributed by atoms with Gasteiger partial charge in [0.05, 0.1) is 4.90 Å². The van der Waals surface area contributed by atoms with E-state index in [-0.39, 0.29) is 11.8 Å². The van der Waals surface area contributed by atoms with E-state index in [1.54, 1.807) is 12.1 Å². The number of piperidine rings is 1. The second kappa shape index (κ2) is 9.55. The van der Waals surface area contributed by atoms with Crippen molar-refractivity contribution in [2.45, 2.75) is 44.4 Å². The molecule has 0 radical (unpaired) electrons. The number of amides is 1. The van der Waals surface area contributed by atoms with Crippen LogP contribution in [0.3, 0.4) is 0 Å². The number of nitrogens with zero attached hydrogens (tertiary/aromatic N) is 1. The van der Waals surface area contributed by atoms with Gasteiger partial charge in [-0.1, -0.05) is 47.5 Å². The Bertz CT molecular complexity index is 931. The second-order valence-corrected chi connectivity index (χ2v) is 9.81. The highest BCUT2D eigenvalue weighted by atomic mass is 32.2. The largest absolute Gasteiger partial charge is 0.356 e. The molecule has 3 rings (SSSR count). The Morgan fingerprint density at radius 3 is 2.38 bits per heavy atom. The molecule has 1 fully saturated rings. The van der Waals surface area contributed by atoms with Crippen LogP contribution in [0.2, 0.25) is 0 Å². The zero-order valence-electron chi connectivity index (χ0n) is 17.2. The number of hydrogen-bond acceptors (Lipinski definition) is 3. The maximum atomic E-state index is 12.8. The lowest BCUT2D eigenvalue weighted by atomic mass is 9.97. The van der Waals surface area contributed by atoms with Crippen LogP contribution in [0.25, 0.3) is 0 Å². The highest BCUT2D eigenvalue weighted by Crippen LogP contribution is 2.24. The topological polar surface area (TPSA) is 66.5 Å². The van der Waals surface area contributed by atoms with Crippen LogP contribution in [0.1, 0.15) is 36.0 Å². The van der Waals surface area contributed by atoms with Crippen molar-refractivity contribution in [3.05, 3.63) is 65.2 Å². The fourth-order valence-electron chi connectivity index (χ4n) is 3.73. The maximum Gasteiger partial charge on any atom is 0.243 e. The van der Waals surface area contributed by atoms with Gasteiger partial charge in [-0.05, 0) is 57.2 Å². The Morgan fingerprint density at radius 1 is 1.03 bits per heavy atom. The Labute approximate surface area is 174 Å². The van der Waals surface area contributed by atoms with Gasteiger partial charge in [-0.2, -0.15) is 4.31 Å². The molecule has 2 aromatic carbocycles. The molecule has 0 aromatic heterocycles. The third kappa shape index (κ3) is 5.67. The first-order chi connectivity index (χ1) is 13.9. The van der Waals surface area contributed by atoms with Crippen molar-refractivity contribution in [2.24, 2.45) is 5.92 Å². The Kier molecular flexibility index (Phi) is 7.09. The molecular weight excluding hydrogens is 384 g/mol. The summed E-state index contributed by atoms with van der Waals surface area (Å²) in [5.74, 6) is -0.0694. The monoisotopic (exact) mass is 414 g/mol.